The van der Waals surface area contributed by atoms with Gasteiger partial charge in [0.25, 0.3) is 0 Å². The Morgan fingerprint density at radius 2 is 2.23 bits per heavy atom. The summed E-state index contributed by atoms with van der Waals surface area (Å²) in [4.78, 5) is 4.62. The van der Waals surface area contributed by atoms with Gasteiger partial charge in [0, 0.05) is 10.0 Å². The summed E-state index contributed by atoms with van der Waals surface area (Å²) in [5.41, 5.74) is 1.53. The first kappa shape index (κ1) is 10.2. The summed E-state index contributed by atoms with van der Waals surface area (Å²) >= 11 is 3.24. The Hall–Kier alpha value is -0.900. The van der Waals surface area contributed by atoms with Crippen molar-refractivity contribution in [2.75, 3.05) is 7.11 Å². The standard InChI is InChI=1S/C9H9BrFNO/c1-6(12-13-2)8-4-3-7(11)5-9(8)10/h3-5H,1-2H3/b12-6-. The van der Waals surface area contributed by atoms with Gasteiger partial charge in [-0.05, 0) is 25.1 Å². The van der Waals surface area contributed by atoms with Crippen LogP contribution in [0, 0.1) is 5.82 Å². The minimum absolute atomic E-state index is 0.277. The number of halogens is 2. The van der Waals surface area contributed by atoms with Crippen LogP contribution >= 0.6 is 15.9 Å². The Morgan fingerprint density at radius 3 is 2.77 bits per heavy atom. The maximum Gasteiger partial charge on any atom is 0.124 e. The van der Waals surface area contributed by atoms with Crippen LogP contribution in [0.4, 0.5) is 4.39 Å². The van der Waals surface area contributed by atoms with E-state index in [1.807, 2.05) is 0 Å². The second kappa shape index (κ2) is 4.37. The predicted octanol–water partition coefficient (Wildman–Crippen LogP) is 2.96. The number of oxime groups is 1. The molecule has 4 heteroatoms. The van der Waals surface area contributed by atoms with Crippen molar-refractivity contribution in [3.05, 3.63) is 34.1 Å². The van der Waals surface area contributed by atoms with E-state index in [2.05, 4.69) is 25.9 Å². The molecule has 0 aliphatic carbocycles. The van der Waals surface area contributed by atoms with Gasteiger partial charge in [0.1, 0.15) is 12.9 Å². The number of hydrogen-bond donors (Lipinski definition) is 0. The van der Waals surface area contributed by atoms with E-state index < -0.39 is 0 Å². The molecule has 0 spiro atoms. The molecule has 0 atom stereocenters. The van der Waals surface area contributed by atoms with Gasteiger partial charge in [-0.25, -0.2) is 4.39 Å². The zero-order chi connectivity index (χ0) is 9.84. The third-order valence-corrected chi connectivity index (χ3v) is 2.21. The summed E-state index contributed by atoms with van der Waals surface area (Å²) in [7, 11) is 1.47. The van der Waals surface area contributed by atoms with E-state index in [4.69, 9.17) is 0 Å². The molecule has 0 radical (unpaired) electrons. The molecule has 0 saturated heterocycles. The number of rotatable bonds is 2. The zero-order valence-electron chi connectivity index (χ0n) is 7.34. The van der Waals surface area contributed by atoms with Crippen molar-refractivity contribution >= 4 is 21.6 Å². The van der Waals surface area contributed by atoms with Gasteiger partial charge in [-0.2, -0.15) is 0 Å². The van der Waals surface area contributed by atoms with Crippen molar-refractivity contribution in [2.24, 2.45) is 5.16 Å². The van der Waals surface area contributed by atoms with Crippen molar-refractivity contribution in [3.8, 4) is 0 Å². The average molecular weight is 246 g/mol. The molecular weight excluding hydrogens is 237 g/mol. The molecule has 0 heterocycles. The van der Waals surface area contributed by atoms with Crippen LogP contribution in [-0.4, -0.2) is 12.8 Å². The fourth-order valence-corrected chi connectivity index (χ4v) is 1.61. The largest absolute Gasteiger partial charge is 0.399 e. The van der Waals surface area contributed by atoms with Crippen LogP contribution in [0.5, 0.6) is 0 Å². The fraction of sp³-hybridized carbons (Fsp3) is 0.222. The molecule has 1 rings (SSSR count). The molecule has 0 N–H and O–H groups in total. The third-order valence-electron chi connectivity index (χ3n) is 1.55. The van der Waals surface area contributed by atoms with Gasteiger partial charge in [-0.1, -0.05) is 21.1 Å². The molecule has 0 aliphatic heterocycles. The van der Waals surface area contributed by atoms with Crippen LogP contribution in [-0.2, 0) is 4.84 Å². The van der Waals surface area contributed by atoms with Gasteiger partial charge >= 0.3 is 0 Å². The maximum atomic E-state index is 12.7. The van der Waals surface area contributed by atoms with Gasteiger partial charge in [0.2, 0.25) is 0 Å². The highest BCUT2D eigenvalue weighted by Crippen LogP contribution is 2.18. The lowest BCUT2D eigenvalue weighted by atomic mass is 10.1. The summed E-state index contributed by atoms with van der Waals surface area (Å²) < 4.78 is 13.4. The molecule has 0 bridgehead atoms. The molecule has 0 unspecified atom stereocenters. The molecule has 0 aromatic heterocycles. The lowest BCUT2D eigenvalue weighted by Gasteiger charge is -2.02. The molecule has 0 fully saturated rings. The molecule has 13 heavy (non-hydrogen) atoms. The monoisotopic (exact) mass is 245 g/mol. The quantitative estimate of drug-likeness (QED) is 0.580. The Labute approximate surface area is 84.5 Å². The molecule has 1 aromatic rings. The van der Waals surface area contributed by atoms with Crippen molar-refractivity contribution < 1.29 is 9.23 Å². The Balaban J connectivity index is 3.09. The van der Waals surface area contributed by atoms with Crippen LogP contribution in [0.2, 0.25) is 0 Å². The first-order chi connectivity index (χ1) is 6.15. The van der Waals surface area contributed by atoms with Gasteiger partial charge in [-0.3, -0.25) is 0 Å². The predicted molar refractivity (Wildman–Crippen MR) is 53.3 cm³/mol. The maximum absolute atomic E-state index is 12.7. The Kier molecular flexibility index (Phi) is 3.42. The van der Waals surface area contributed by atoms with Crippen molar-refractivity contribution in [3.63, 3.8) is 0 Å². The van der Waals surface area contributed by atoms with Crippen LogP contribution in [0.25, 0.3) is 0 Å². The Bertz CT molecular complexity index is 338. The zero-order valence-corrected chi connectivity index (χ0v) is 8.93. The van der Waals surface area contributed by atoms with Gasteiger partial charge in [0.05, 0.1) is 5.71 Å². The van der Waals surface area contributed by atoms with Gasteiger partial charge in [0.15, 0.2) is 0 Å². The minimum atomic E-state index is -0.277. The van der Waals surface area contributed by atoms with Crippen molar-refractivity contribution in [2.45, 2.75) is 6.92 Å². The highest BCUT2D eigenvalue weighted by Gasteiger charge is 2.04. The molecule has 70 valence electrons. The molecule has 2 nitrogen and oxygen atoms in total. The Morgan fingerprint density at radius 1 is 1.54 bits per heavy atom. The van der Waals surface area contributed by atoms with E-state index >= 15 is 0 Å². The smallest absolute Gasteiger partial charge is 0.124 e. The minimum Gasteiger partial charge on any atom is -0.399 e. The highest BCUT2D eigenvalue weighted by molar-refractivity contribution is 9.10. The van der Waals surface area contributed by atoms with E-state index in [1.54, 1.807) is 13.0 Å². The SMILES string of the molecule is CO/N=C(/C)c1ccc(F)cc1Br. The van der Waals surface area contributed by atoms with Crippen LogP contribution < -0.4 is 0 Å². The molecule has 0 aliphatic rings. The first-order valence-electron chi connectivity index (χ1n) is 3.68. The second-order valence-corrected chi connectivity index (χ2v) is 3.34. The van der Waals surface area contributed by atoms with E-state index in [0.29, 0.717) is 10.2 Å². The van der Waals surface area contributed by atoms with E-state index in [1.165, 1.54) is 19.2 Å². The normalized spacial score (nSPS) is 11.5. The van der Waals surface area contributed by atoms with Crippen molar-refractivity contribution in [1.82, 2.24) is 0 Å². The van der Waals surface area contributed by atoms with Crippen LogP contribution in [0.1, 0.15) is 12.5 Å². The number of benzene rings is 1. The summed E-state index contributed by atoms with van der Waals surface area (Å²) in [6.45, 7) is 1.79. The summed E-state index contributed by atoms with van der Waals surface area (Å²) in [5.74, 6) is -0.277. The van der Waals surface area contributed by atoms with E-state index in [-0.39, 0.29) is 5.82 Å². The highest BCUT2D eigenvalue weighted by atomic mass is 79.9. The summed E-state index contributed by atoms with van der Waals surface area (Å²) in [6, 6.07) is 4.43. The van der Waals surface area contributed by atoms with E-state index in [0.717, 1.165) is 5.56 Å². The molecule has 1 aromatic carbocycles. The number of nitrogens with zero attached hydrogens (tertiary/aromatic N) is 1. The lowest BCUT2D eigenvalue weighted by molar-refractivity contribution is 0.213. The fourth-order valence-electron chi connectivity index (χ4n) is 0.969. The third kappa shape index (κ3) is 2.52. The van der Waals surface area contributed by atoms with E-state index in [9.17, 15) is 4.39 Å². The summed E-state index contributed by atoms with van der Waals surface area (Å²) in [5, 5.41) is 3.75. The van der Waals surface area contributed by atoms with Gasteiger partial charge in [-0.15, -0.1) is 0 Å². The first-order valence-corrected chi connectivity index (χ1v) is 4.47. The van der Waals surface area contributed by atoms with Gasteiger partial charge < -0.3 is 4.84 Å². The lowest BCUT2D eigenvalue weighted by Crippen LogP contribution is -1.97. The topological polar surface area (TPSA) is 21.6 Å². The van der Waals surface area contributed by atoms with Crippen LogP contribution in [0.3, 0.4) is 0 Å². The van der Waals surface area contributed by atoms with Crippen molar-refractivity contribution in [1.29, 1.82) is 0 Å². The molecular formula is C9H9BrFNO. The second-order valence-electron chi connectivity index (χ2n) is 2.48. The molecule has 0 saturated carbocycles. The number of hydrogen-bond acceptors (Lipinski definition) is 2. The molecule has 0 amide bonds. The average Bonchev–Trinajstić information content (AvgIpc) is 2.04. The van der Waals surface area contributed by atoms with Crippen LogP contribution in [0.15, 0.2) is 27.8 Å². The summed E-state index contributed by atoms with van der Waals surface area (Å²) in [6.07, 6.45) is 0.